The summed E-state index contributed by atoms with van der Waals surface area (Å²) >= 11 is 0. The van der Waals surface area contributed by atoms with Gasteiger partial charge in [-0.1, -0.05) is 158 Å². The summed E-state index contributed by atoms with van der Waals surface area (Å²) in [5.41, 5.74) is 9.23. The molecule has 7 aromatic rings. The Labute approximate surface area is 276 Å². The lowest BCUT2D eigenvalue weighted by Gasteiger charge is -2.20. The normalized spacial score (nSPS) is 12.9. The maximum Gasteiger partial charge on any atom is 0.127 e. The number of para-hydroxylation sites is 2. The average molecular weight is 604 g/mol. The quantitative estimate of drug-likeness (QED) is 0.209. The van der Waals surface area contributed by atoms with E-state index < -0.39 is 0 Å². The van der Waals surface area contributed by atoms with Crippen LogP contribution in [0.1, 0.15) is 22.3 Å². The summed E-state index contributed by atoms with van der Waals surface area (Å²) in [6.45, 7) is 0. The van der Waals surface area contributed by atoms with E-state index in [1.165, 1.54) is 21.9 Å². The van der Waals surface area contributed by atoms with Gasteiger partial charge < -0.3 is 4.74 Å². The van der Waals surface area contributed by atoms with Crippen LogP contribution in [0.4, 0.5) is 0 Å². The summed E-state index contributed by atoms with van der Waals surface area (Å²) in [4.78, 5) is 0. The van der Waals surface area contributed by atoms with Crippen molar-refractivity contribution in [2.45, 2.75) is 0 Å². The molecule has 0 unspecified atom stereocenters. The molecule has 0 saturated carbocycles. The highest BCUT2D eigenvalue weighted by Gasteiger charge is 2.20. The minimum Gasteiger partial charge on any atom is -0.457 e. The Hall–Kier alpha value is -6.25. The first-order chi connectivity index (χ1) is 23.2. The van der Waals surface area contributed by atoms with Gasteiger partial charge in [0.05, 0.1) is 5.71 Å². The van der Waals surface area contributed by atoms with Crippen LogP contribution < -0.4 is 4.74 Å². The monoisotopic (exact) mass is 603 g/mol. The standard InChI is InChI=1S/C33H23N.C12H10O/c34-33-30-16-7-6-12-25(30)19-20-31(33)32(29-18-17-24-11-4-5-13-26(24)22-29)28-15-8-14-27(21-28)23-9-2-1-3-10-23;1-3-7-11(8-4-1)13-12-9-5-2-6-10-12/h1-22,34H;1-10H/b32-31-,34-33?;. The van der Waals surface area contributed by atoms with Gasteiger partial charge in [0.25, 0.3) is 0 Å². The summed E-state index contributed by atoms with van der Waals surface area (Å²) in [6, 6.07) is 61.8. The smallest absolute Gasteiger partial charge is 0.127 e. The summed E-state index contributed by atoms with van der Waals surface area (Å²) in [5, 5.41) is 11.5. The fourth-order valence-electron chi connectivity index (χ4n) is 5.90. The fraction of sp³-hybridized carbons (Fsp3) is 0. The van der Waals surface area contributed by atoms with Crippen molar-refractivity contribution in [3.8, 4) is 22.6 Å². The van der Waals surface area contributed by atoms with Crippen LogP contribution in [0, 0.1) is 5.41 Å². The van der Waals surface area contributed by atoms with E-state index in [9.17, 15) is 0 Å². The Morgan fingerprint density at radius 3 is 1.72 bits per heavy atom. The molecular weight excluding hydrogens is 571 g/mol. The first-order valence-electron chi connectivity index (χ1n) is 15.8. The molecule has 7 aromatic carbocycles. The van der Waals surface area contributed by atoms with Crippen molar-refractivity contribution in [1.82, 2.24) is 0 Å². The lowest BCUT2D eigenvalue weighted by atomic mass is 9.83. The zero-order chi connectivity index (χ0) is 31.8. The van der Waals surface area contributed by atoms with Crippen molar-refractivity contribution in [3.63, 3.8) is 0 Å². The van der Waals surface area contributed by atoms with Crippen molar-refractivity contribution in [2.24, 2.45) is 0 Å². The third kappa shape index (κ3) is 6.73. The topological polar surface area (TPSA) is 33.1 Å². The molecule has 1 aliphatic carbocycles. The molecule has 0 atom stereocenters. The number of ether oxygens (including phenoxy) is 1. The molecule has 0 fully saturated rings. The Bertz CT molecular complexity index is 2180. The second-order valence-corrected chi connectivity index (χ2v) is 11.3. The number of benzene rings is 7. The molecule has 2 nitrogen and oxygen atoms in total. The van der Waals surface area contributed by atoms with Gasteiger partial charge >= 0.3 is 0 Å². The number of fused-ring (bicyclic) bond motifs is 2. The van der Waals surface area contributed by atoms with Crippen LogP contribution in [0.3, 0.4) is 0 Å². The largest absolute Gasteiger partial charge is 0.457 e. The molecule has 2 heteroatoms. The highest BCUT2D eigenvalue weighted by Crippen LogP contribution is 2.36. The molecule has 0 heterocycles. The lowest BCUT2D eigenvalue weighted by molar-refractivity contribution is 0.482. The first kappa shape index (κ1) is 29.5. The van der Waals surface area contributed by atoms with Crippen LogP contribution in [0.2, 0.25) is 0 Å². The molecule has 0 amide bonds. The van der Waals surface area contributed by atoms with Gasteiger partial charge in [0.1, 0.15) is 11.5 Å². The van der Waals surface area contributed by atoms with Gasteiger partial charge in [-0.25, -0.2) is 0 Å². The molecule has 0 aliphatic heterocycles. The van der Waals surface area contributed by atoms with Crippen LogP contribution in [-0.2, 0) is 0 Å². The van der Waals surface area contributed by atoms with E-state index in [2.05, 4.69) is 109 Å². The summed E-state index contributed by atoms with van der Waals surface area (Å²) in [7, 11) is 0. The van der Waals surface area contributed by atoms with Gasteiger partial charge in [-0.15, -0.1) is 0 Å². The highest BCUT2D eigenvalue weighted by atomic mass is 16.5. The van der Waals surface area contributed by atoms with E-state index in [0.717, 1.165) is 44.9 Å². The van der Waals surface area contributed by atoms with Crippen LogP contribution in [0.15, 0.2) is 194 Å². The minimum absolute atomic E-state index is 0.561. The van der Waals surface area contributed by atoms with Crippen LogP contribution in [-0.4, -0.2) is 5.71 Å². The molecule has 0 aromatic heterocycles. The number of nitrogens with one attached hydrogen (secondary N) is 1. The molecule has 8 rings (SSSR count). The maximum absolute atomic E-state index is 9.13. The van der Waals surface area contributed by atoms with E-state index in [0.29, 0.717) is 5.71 Å². The van der Waals surface area contributed by atoms with Crippen LogP contribution in [0.5, 0.6) is 11.5 Å². The Balaban J connectivity index is 0.000000226. The van der Waals surface area contributed by atoms with Crippen LogP contribution >= 0.6 is 0 Å². The minimum atomic E-state index is 0.561. The van der Waals surface area contributed by atoms with Gasteiger partial charge in [0.2, 0.25) is 0 Å². The predicted octanol–water partition coefficient (Wildman–Crippen LogP) is 11.9. The molecular formula is C45H33NO. The fourth-order valence-corrected chi connectivity index (χ4v) is 5.90. The SMILES string of the molecule is N=C1/C(=C(/c2cccc(-c3ccccc3)c2)c2ccc3ccccc3c2)C=Cc2ccccc21.c1ccc(Oc2ccccc2)cc1. The molecule has 1 N–H and O–H groups in total. The third-order valence-corrected chi connectivity index (χ3v) is 8.22. The molecule has 0 spiro atoms. The molecule has 0 bridgehead atoms. The summed E-state index contributed by atoms with van der Waals surface area (Å²) in [6.07, 6.45) is 4.23. The second-order valence-electron chi connectivity index (χ2n) is 11.3. The highest BCUT2D eigenvalue weighted by molar-refractivity contribution is 6.22. The number of hydrogen-bond donors (Lipinski definition) is 1. The summed E-state index contributed by atoms with van der Waals surface area (Å²) < 4.78 is 5.58. The van der Waals surface area contributed by atoms with Crippen LogP contribution in [0.25, 0.3) is 33.5 Å². The van der Waals surface area contributed by atoms with Crippen molar-refractivity contribution >= 4 is 28.1 Å². The molecule has 0 radical (unpaired) electrons. The Morgan fingerprint density at radius 1 is 0.426 bits per heavy atom. The van der Waals surface area contributed by atoms with Gasteiger partial charge in [-0.2, -0.15) is 0 Å². The molecule has 0 saturated heterocycles. The Kier molecular flexibility index (Phi) is 8.65. The van der Waals surface area contributed by atoms with Crippen molar-refractivity contribution < 1.29 is 4.74 Å². The van der Waals surface area contributed by atoms with E-state index >= 15 is 0 Å². The van der Waals surface area contributed by atoms with Gasteiger partial charge in [-0.3, -0.25) is 5.41 Å². The van der Waals surface area contributed by atoms with E-state index in [1.54, 1.807) is 0 Å². The number of hydrogen-bond acceptors (Lipinski definition) is 2. The van der Waals surface area contributed by atoms with Crippen molar-refractivity contribution in [1.29, 1.82) is 5.41 Å². The molecule has 47 heavy (non-hydrogen) atoms. The predicted molar refractivity (Wildman–Crippen MR) is 197 cm³/mol. The van der Waals surface area contributed by atoms with Gasteiger partial charge in [-0.05, 0) is 80.6 Å². The third-order valence-electron chi connectivity index (χ3n) is 8.22. The zero-order valence-electron chi connectivity index (χ0n) is 25.9. The van der Waals surface area contributed by atoms with E-state index in [4.69, 9.17) is 10.1 Å². The Morgan fingerprint density at radius 2 is 1.00 bits per heavy atom. The van der Waals surface area contributed by atoms with E-state index in [1.807, 2.05) is 84.9 Å². The number of rotatable bonds is 5. The first-order valence-corrected chi connectivity index (χ1v) is 15.8. The lowest BCUT2D eigenvalue weighted by Crippen LogP contribution is -2.10. The average Bonchev–Trinajstić information content (AvgIpc) is 3.14. The summed E-state index contributed by atoms with van der Waals surface area (Å²) in [5.74, 6) is 1.74. The van der Waals surface area contributed by atoms with E-state index in [-0.39, 0.29) is 0 Å². The molecule has 224 valence electrons. The maximum atomic E-state index is 9.13. The van der Waals surface area contributed by atoms with Crippen molar-refractivity contribution in [2.75, 3.05) is 0 Å². The van der Waals surface area contributed by atoms with Gasteiger partial charge in [0.15, 0.2) is 0 Å². The molecule has 1 aliphatic rings. The second kappa shape index (κ2) is 13.8. The van der Waals surface area contributed by atoms with Crippen molar-refractivity contribution in [3.05, 3.63) is 216 Å². The zero-order valence-corrected chi connectivity index (χ0v) is 25.9. The van der Waals surface area contributed by atoms with Gasteiger partial charge in [0, 0.05) is 11.1 Å². The number of allylic oxidation sites excluding steroid dienone is 2.